The lowest BCUT2D eigenvalue weighted by molar-refractivity contribution is 0.156. The highest BCUT2D eigenvalue weighted by Crippen LogP contribution is 2.45. The minimum atomic E-state index is -0.498. The van der Waals surface area contributed by atoms with Crippen molar-refractivity contribution in [2.45, 2.75) is 83.5 Å². The van der Waals surface area contributed by atoms with Crippen LogP contribution in [-0.2, 0) is 0 Å². The SMILES string of the molecule is CCCCC1CCC(C2CCC(c3ccc4c(F)c(O)ccc4c3)CC2)CC1. The molecule has 28 heavy (non-hydrogen) atoms. The number of halogens is 1. The first-order valence-electron chi connectivity index (χ1n) is 11.6. The zero-order valence-corrected chi connectivity index (χ0v) is 17.3. The molecule has 2 fully saturated rings. The minimum Gasteiger partial charge on any atom is -0.505 e. The molecular weight excluding hydrogens is 347 g/mol. The molecule has 1 nitrogen and oxygen atoms in total. The van der Waals surface area contributed by atoms with Gasteiger partial charge in [0, 0.05) is 5.39 Å². The Morgan fingerprint density at radius 2 is 1.57 bits per heavy atom. The van der Waals surface area contributed by atoms with Gasteiger partial charge in [-0.15, -0.1) is 0 Å². The fourth-order valence-electron chi connectivity index (χ4n) is 5.92. The number of hydrogen-bond donors (Lipinski definition) is 1. The van der Waals surface area contributed by atoms with Crippen LogP contribution in [0, 0.1) is 23.6 Å². The van der Waals surface area contributed by atoms with E-state index in [9.17, 15) is 9.50 Å². The minimum absolute atomic E-state index is 0.259. The van der Waals surface area contributed by atoms with Crippen LogP contribution in [0.5, 0.6) is 5.75 Å². The Morgan fingerprint density at radius 3 is 2.25 bits per heavy atom. The molecule has 0 bridgehead atoms. The maximum Gasteiger partial charge on any atom is 0.172 e. The molecule has 0 heterocycles. The third-order valence-electron chi connectivity index (χ3n) is 7.72. The van der Waals surface area contributed by atoms with E-state index in [2.05, 4.69) is 19.1 Å². The Hall–Kier alpha value is -1.57. The summed E-state index contributed by atoms with van der Waals surface area (Å²) in [7, 11) is 0. The van der Waals surface area contributed by atoms with E-state index in [1.165, 1.54) is 82.3 Å². The van der Waals surface area contributed by atoms with E-state index < -0.39 is 5.82 Å². The molecule has 1 N–H and O–H groups in total. The lowest BCUT2D eigenvalue weighted by Gasteiger charge is -2.38. The monoisotopic (exact) mass is 382 g/mol. The smallest absolute Gasteiger partial charge is 0.172 e. The van der Waals surface area contributed by atoms with Gasteiger partial charge >= 0.3 is 0 Å². The molecule has 2 aromatic carbocycles. The second-order valence-corrected chi connectivity index (χ2v) is 9.41. The van der Waals surface area contributed by atoms with Gasteiger partial charge in [0.2, 0.25) is 0 Å². The normalized spacial score (nSPS) is 28.5. The first kappa shape index (κ1) is 19.7. The van der Waals surface area contributed by atoms with Crippen molar-refractivity contribution in [1.82, 2.24) is 0 Å². The van der Waals surface area contributed by atoms with Crippen LogP contribution in [0.15, 0.2) is 30.3 Å². The lowest BCUT2D eigenvalue weighted by Crippen LogP contribution is -2.25. The Morgan fingerprint density at radius 1 is 0.893 bits per heavy atom. The zero-order chi connectivity index (χ0) is 19.5. The average Bonchev–Trinajstić information content (AvgIpc) is 2.75. The first-order valence-corrected chi connectivity index (χ1v) is 11.6. The van der Waals surface area contributed by atoms with Gasteiger partial charge in [-0.3, -0.25) is 0 Å². The van der Waals surface area contributed by atoms with Crippen molar-refractivity contribution in [3.8, 4) is 5.75 Å². The summed E-state index contributed by atoms with van der Waals surface area (Å²) >= 11 is 0. The second-order valence-electron chi connectivity index (χ2n) is 9.41. The topological polar surface area (TPSA) is 20.2 Å². The molecule has 4 rings (SSSR count). The zero-order valence-electron chi connectivity index (χ0n) is 17.3. The van der Waals surface area contributed by atoms with Crippen LogP contribution in [0.4, 0.5) is 4.39 Å². The van der Waals surface area contributed by atoms with E-state index in [0.717, 1.165) is 23.1 Å². The van der Waals surface area contributed by atoms with Gasteiger partial charge in [-0.25, -0.2) is 4.39 Å². The molecule has 0 saturated heterocycles. The summed E-state index contributed by atoms with van der Waals surface area (Å²) in [5.41, 5.74) is 1.35. The van der Waals surface area contributed by atoms with Crippen molar-refractivity contribution in [3.05, 3.63) is 41.7 Å². The summed E-state index contributed by atoms with van der Waals surface area (Å²) in [5, 5.41) is 11.0. The summed E-state index contributed by atoms with van der Waals surface area (Å²) in [4.78, 5) is 0. The van der Waals surface area contributed by atoms with Gasteiger partial charge in [-0.05, 0) is 79.2 Å². The predicted molar refractivity (Wildman–Crippen MR) is 115 cm³/mol. The fourth-order valence-corrected chi connectivity index (χ4v) is 5.92. The van der Waals surface area contributed by atoms with Crippen LogP contribution in [0.2, 0.25) is 0 Å². The van der Waals surface area contributed by atoms with Gasteiger partial charge in [0.05, 0.1) is 0 Å². The van der Waals surface area contributed by atoms with E-state index in [-0.39, 0.29) is 5.75 Å². The number of benzene rings is 2. The molecule has 0 spiro atoms. The standard InChI is InChI=1S/C26H35FO/c1-2-3-4-18-5-7-19(8-6-18)20-9-11-21(12-10-20)22-13-15-24-23(17-22)14-16-25(28)26(24)27/h13-21,28H,2-12H2,1H3. The number of rotatable bonds is 5. The van der Waals surface area contributed by atoms with Crippen LogP contribution in [0.1, 0.15) is 89.0 Å². The molecule has 0 aromatic heterocycles. The Balaban J connectivity index is 1.33. The summed E-state index contributed by atoms with van der Waals surface area (Å²) in [6, 6.07) is 9.37. The van der Waals surface area contributed by atoms with Crippen LogP contribution >= 0.6 is 0 Å². The molecule has 0 aliphatic heterocycles. The van der Waals surface area contributed by atoms with Crippen LogP contribution < -0.4 is 0 Å². The van der Waals surface area contributed by atoms with Crippen molar-refractivity contribution in [3.63, 3.8) is 0 Å². The molecular formula is C26H35FO. The summed E-state index contributed by atoms with van der Waals surface area (Å²) in [6.07, 6.45) is 15.3. The Bertz CT molecular complexity index is 782. The predicted octanol–water partition coefficient (Wildman–Crippen LogP) is 7.95. The van der Waals surface area contributed by atoms with Crippen molar-refractivity contribution in [2.24, 2.45) is 17.8 Å². The molecule has 0 atom stereocenters. The van der Waals surface area contributed by atoms with E-state index in [1.54, 1.807) is 0 Å². The van der Waals surface area contributed by atoms with Crippen molar-refractivity contribution >= 4 is 10.8 Å². The molecule has 2 aliphatic carbocycles. The number of phenolic OH excluding ortho intramolecular Hbond substituents is 1. The van der Waals surface area contributed by atoms with Crippen LogP contribution in [0.25, 0.3) is 10.8 Å². The maximum absolute atomic E-state index is 14.1. The number of unbranched alkanes of at least 4 members (excludes halogenated alkanes) is 1. The number of phenols is 1. The van der Waals surface area contributed by atoms with Gasteiger partial charge < -0.3 is 5.11 Å². The second kappa shape index (κ2) is 8.84. The average molecular weight is 383 g/mol. The number of aromatic hydroxyl groups is 1. The quantitative estimate of drug-likeness (QED) is 0.556. The fraction of sp³-hybridized carbons (Fsp3) is 0.615. The highest BCUT2D eigenvalue weighted by atomic mass is 19.1. The molecule has 2 aliphatic rings. The third kappa shape index (κ3) is 4.21. The highest BCUT2D eigenvalue weighted by molar-refractivity contribution is 5.85. The molecule has 0 unspecified atom stereocenters. The molecule has 2 aromatic rings. The molecule has 152 valence electrons. The van der Waals surface area contributed by atoms with Gasteiger partial charge in [0.1, 0.15) is 0 Å². The molecule has 0 radical (unpaired) electrons. The van der Waals surface area contributed by atoms with E-state index in [0.29, 0.717) is 11.3 Å². The van der Waals surface area contributed by atoms with Crippen molar-refractivity contribution < 1.29 is 9.50 Å². The van der Waals surface area contributed by atoms with Gasteiger partial charge in [0.15, 0.2) is 11.6 Å². The van der Waals surface area contributed by atoms with Gasteiger partial charge in [-0.2, -0.15) is 0 Å². The molecule has 2 saturated carbocycles. The maximum atomic E-state index is 14.1. The number of hydrogen-bond acceptors (Lipinski definition) is 1. The Kier molecular flexibility index (Phi) is 6.23. The summed E-state index contributed by atoms with van der Waals surface area (Å²) in [5.74, 6) is 2.75. The van der Waals surface area contributed by atoms with Gasteiger partial charge in [-0.1, -0.05) is 63.3 Å². The third-order valence-corrected chi connectivity index (χ3v) is 7.72. The summed E-state index contributed by atoms with van der Waals surface area (Å²) in [6.45, 7) is 2.31. The Labute approximate surface area is 169 Å². The molecule has 2 heteroatoms. The number of fused-ring (bicyclic) bond motifs is 1. The first-order chi connectivity index (χ1) is 13.7. The van der Waals surface area contributed by atoms with E-state index >= 15 is 0 Å². The van der Waals surface area contributed by atoms with Crippen molar-refractivity contribution in [2.75, 3.05) is 0 Å². The van der Waals surface area contributed by atoms with Crippen molar-refractivity contribution in [1.29, 1.82) is 0 Å². The highest BCUT2D eigenvalue weighted by Gasteiger charge is 2.31. The van der Waals surface area contributed by atoms with E-state index in [1.807, 2.05) is 12.1 Å². The van der Waals surface area contributed by atoms with Crippen LogP contribution in [0.3, 0.4) is 0 Å². The van der Waals surface area contributed by atoms with Gasteiger partial charge in [0.25, 0.3) is 0 Å². The lowest BCUT2D eigenvalue weighted by atomic mass is 9.68. The largest absolute Gasteiger partial charge is 0.505 e. The van der Waals surface area contributed by atoms with Crippen LogP contribution in [-0.4, -0.2) is 5.11 Å². The van der Waals surface area contributed by atoms with E-state index in [4.69, 9.17) is 0 Å². The summed E-state index contributed by atoms with van der Waals surface area (Å²) < 4.78 is 14.1. The molecule has 0 amide bonds.